The molecule has 2 aliphatic rings. The molecule has 1 saturated heterocycles. The third-order valence-electron chi connectivity index (χ3n) is 3.25. The fourth-order valence-corrected chi connectivity index (χ4v) is 2.44. The Kier molecular flexibility index (Phi) is 1.71. The highest BCUT2D eigenvalue weighted by atomic mass is 16.5. The Morgan fingerprint density at radius 2 is 2.36 bits per heavy atom. The van der Waals surface area contributed by atoms with Crippen LogP contribution in [0.25, 0.3) is 0 Å². The van der Waals surface area contributed by atoms with Crippen molar-refractivity contribution in [2.75, 3.05) is 13.2 Å². The second kappa shape index (κ2) is 2.48. The van der Waals surface area contributed by atoms with E-state index >= 15 is 0 Å². The predicted octanol–water partition coefficient (Wildman–Crippen LogP) is 2.46. The van der Waals surface area contributed by atoms with Crippen molar-refractivity contribution >= 4 is 0 Å². The molecule has 0 radical (unpaired) electrons. The topological polar surface area (TPSA) is 9.23 Å². The van der Waals surface area contributed by atoms with E-state index in [-0.39, 0.29) is 0 Å². The predicted molar refractivity (Wildman–Crippen MR) is 45.4 cm³/mol. The van der Waals surface area contributed by atoms with Crippen LogP contribution in [-0.2, 0) is 4.74 Å². The van der Waals surface area contributed by atoms with Gasteiger partial charge in [-0.05, 0) is 36.5 Å². The van der Waals surface area contributed by atoms with Crippen LogP contribution in [0.3, 0.4) is 0 Å². The van der Waals surface area contributed by atoms with Gasteiger partial charge in [0.15, 0.2) is 0 Å². The van der Waals surface area contributed by atoms with E-state index in [1.165, 1.54) is 19.3 Å². The molecule has 1 nitrogen and oxygen atoms in total. The molecule has 11 heavy (non-hydrogen) atoms. The molecule has 0 amide bonds. The van der Waals surface area contributed by atoms with Crippen molar-refractivity contribution in [3.8, 4) is 0 Å². The van der Waals surface area contributed by atoms with Gasteiger partial charge in [0.25, 0.3) is 0 Å². The maximum absolute atomic E-state index is 5.43. The second-order valence-corrected chi connectivity index (χ2v) is 4.70. The zero-order valence-electron chi connectivity index (χ0n) is 7.60. The van der Waals surface area contributed by atoms with Crippen LogP contribution >= 0.6 is 0 Å². The van der Waals surface area contributed by atoms with Crippen LogP contribution in [0.2, 0.25) is 0 Å². The summed E-state index contributed by atoms with van der Waals surface area (Å²) in [6.45, 7) is 6.72. The average molecular weight is 154 g/mol. The maximum Gasteiger partial charge on any atom is 0.0526 e. The Bertz CT molecular complexity index is 145. The van der Waals surface area contributed by atoms with E-state index in [1.807, 2.05) is 0 Å². The van der Waals surface area contributed by atoms with Crippen molar-refractivity contribution in [3.63, 3.8) is 0 Å². The molecular weight excluding hydrogens is 136 g/mol. The lowest BCUT2D eigenvalue weighted by atomic mass is 9.97. The van der Waals surface area contributed by atoms with Crippen LogP contribution in [0.5, 0.6) is 0 Å². The van der Waals surface area contributed by atoms with E-state index < -0.39 is 0 Å². The van der Waals surface area contributed by atoms with Crippen LogP contribution in [-0.4, -0.2) is 13.2 Å². The minimum atomic E-state index is 0.671. The highest BCUT2D eigenvalue weighted by Gasteiger charge is 2.55. The summed E-state index contributed by atoms with van der Waals surface area (Å²) in [7, 11) is 0. The van der Waals surface area contributed by atoms with E-state index in [9.17, 15) is 0 Å². The van der Waals surface area contributed by atoms with Crippen molar-refractivity contribution in [2.24, 2.45) is 17.3 Å². The second-order valence-electron chi connectivity index (χ2n) is 4.70. The molecule has 2 rings (SSSR count). The summed E-state index contributed by atoms with van der Waals surface area (Å²) in [5, 5.41) is 0. The third kappa shape index (κ3) is 1.31. The number of hydrogen-bond acceptors (Lipinski definition) is 1. The lowest BCUT2D eigenvalue weighted by molar-refractivity contribution is 0.177. The van der Waals surface area contributed by atoms with Gasteiger partial charge in [0.1, 0.15) is 0 Å². The number of rotatable bonds is 2. The highest BCUT2D eigenvalue weighted by molar-refractivity contribution is 5.04. The summed E-state index contributed by atoms with van der Waals surface area (Å²) in [4.78, 5) is 0. The molecule has 1 heterocycles. The summed E-state index contributed by atoms with van der Waals surface area (Å²) < 4.78 is 5.43. The smallest absolute Gasteiger partial charge is 0.0526 e. The molecule has 2 fully saturated rings. The fraction of sp³-hybridized carbons (Fsp3) is 1.00. The monoisotopic (exact) mass is 154 g/mol. The van der Waals surface area contributed by atoms with Gasteiger partial charge in [-0.1, -0.05) is 13.8 Å². The van der Waals surface area contributed by atoms with Gasteiger partial charge in [0.05, 0.1) is 6.61 Å². The first-order chi connectivity index (χ1) is 5.23. The molecule has 2 atom stereocenters. The van der Waals surface area contributed by atoms with Crippen molar-refractivity contribution in [1.29, 1.82) is 0 Å². The van der Waals surface area contributed by atoms with E-state index in [2.05, 4.69) is 13.8 Å². The average Bonchev–Trinajstić information content (AvgIpc) is 2.43. The Labute approximate surface area is 69.1 Å². The summed E-state index contributed by atoms with van der Waals surface area (Å²) >= 11 is 0. The molecule has 0 N–H and O–H groups in total. The minimum Gasteiger partial charge on any atom is -0.381 e. The Balaban J connectivity index is 1.84. The van der Waals surface area contributed by atoms with Gasteiger partial charge in [-0.25, -0.2) is 0 Å². The van der Waals surface area contributed by atoms with Crippen LogP contribution < -0.4 is 0 Å². The molecule has 2 unspecified atom stereocenters. The SMILES string of the molecule is CC(C)CC1CC12CCOC2. The Morgan fingerprint density at radius 3 is 2.91 bits per heavy atom. The van der Waals surface area contributed by atoms with Crippen LogP contribution in [0, 0.1) is 17.3 Å². The first kappa shape index (κ1) is 7.60. The van der Waals surface area contributed by atoms with Crippen molar-refractivity contribution in [1.82, 2.24) is 0 Å². The van der Waals surface area contributed by atoms with Crippen molar-refractivity contribution < 1.29 is 4.74 Å². The first-order valence-electron chi connectivity index (χ1n) is 4.81. The standard InChI is InChI=1S/C10H18O/c1-8(2)5-9-6-10(9)3-4-11-7-10/h8-9H,3-7H2,1-2H3. The molecule has 1 aliphatic carbocycles. The molecule has 1 spiro atoms. The minimum absolute atomic E-state index is 0.671. The quantitative estimate of drug-likeness (QED) is 0.593. The summed E-state index contributed by atoms with van der Waals surface area (Å²) in [6, 6.07) is 0. The Morgan fingerprint density at radius 1 is 1.55 bits per heavy atom. The van der Waals surface area contributed by atoms with Crippen molar-refractivity contribution in [3.05, 3.63) is 0 Å². The molecule has 0 aromatic carbocycles. The highest BCUT2D eigenvalue weighted by Crippen LogP contribution is 2.60. The van der Waals surface area contributed by atoms with E-state index in [4.69, 9.17) is 4.74 Å². The van der Waals surface area contributed by atoms with Gasteiger partial charge >= 0.3 is 0 Å². The lowest BCUT2D eigenvalue weighted by Gasteiger charge is -2.07. The van der Waals surface area contributed by atoms with Gasteiger partial charge in [-0.15, -0.1) is 0 Å². The number of hydrogen-bond donors (Lipinski definition) is 0. The summed E-state index contributed by atoms with van der Waals surface area (Å²) in [6.07, 6.45) is 4.21. The van der Waals surface area contributed by atoms with Crippen LogP contribution in [0.1, 0.15) is 33.1 Å². The lowest BCUT2D eigenvalue weighted by Crippen LogP contribution is -2.04. The van der Waals surface area contributed by atoms with Crippen LogP contribution in [0.15, 0.2) is 0 Å². The molecule has 1 saturated carbocycles. The summed E-state index contributed by atoms with van der Waals surface area (Å²) in [5.41, 5.74) is 0.671. The Hall–Kier alpha value is -0.0400. The molecule has 1 aliphatic heterocycles. The fourth-order valence-electron chi connectivity index (χ4n) is 2.44. The van der Waals surface area contributed by atoms with Crippen molar-refractivity contribution in [2.45, 2.75) is 33.1 Å². The third-order valence-corrected chi connectivity index (χ3v) is 3.25. The molecule has 64 valence electrons. The van der Waals surface area contributed by atoms with Gasteiger partial charge in [-0.2, -0.15) is 0 Å². The van der Waals surface area contributed by atoms with Gasteiger partial charge in [0, 0.05) is 6.61 Å². The first-order valence-corrected chi connectivity index (χ1v) is 4.81. The summed E-state index contributed by atoms with van der Waals surface area (Å²) in [5.74, 6) is 1.88. The largest absolute Gasteiger partial charge is 0.381 e. The van der Waals surface area contributed by atoms with E-state index in [0.717, 1.165) is 25.0 Å². The maximum atomic E-state index is 5.43. The normalized spacial score (nSPS) is 42.3. The molecule has 1 heteroatoms. The van der Waals surface area contributed by atoms with Crippen LogP contribution in [0.4, 0.5) is 0 Å². The van der Waals surface area contributed by atoms with E-state index in [0.29, 0.717) is 5.41 Å². The van der Waals surface area contributed by atoms with Gasteiger partial charge in [0.2, 0.25) is 0 Å². The molecule has 0 aromatic rings. The molecule has 0 bridgehead atoms. The molecular formula is C10H18O. The molecule has 0 aromatic heterocycles. The van der Waals surface area contributed by atoms with Gasteiger partial charge in [-0.3, -0.25) is 0 Å². The zero-order valence-corrected chi connectivity index (χ0v) is 7.60. The van der Waals surface area contributed by atoms with E-state index in [1.54, 1.807) is 0 Å². The zero-order chi connectivity index (χ0) is 7.90. The van der Waals surface area contributed by atoms with Gasteiger partial charge < -0.3 is 4.74 Å². The number of ether oxygens (including phenoxy) is 1.